The van der Waals surface area contributed by atoms with E-state index in [2.05, 4.69) is 15.1 Å². The van der Waals surface area contributed by atoms with Gasteiger partial charge >= 0.3 is 7.60 Å². The molecule has 0 saturated carbocycles. The zero-order chi connectivity index (χ0) is 16.2. The molecule has 11 heteroatoms. The first-order valence-electron chi connectivity index (χ1n) is 6.57. The third-order valence-corrected chi connectivity index (χ3v) is 5.05. The van der Waals surface area contributed by atoms with Gasteiger partial charge in [-0.25, -0.2) is 4.98 Å². The summed E-state index contributed by atoms with van der Waals surface area (Å²) in [6, 6.07) is 0. The van der Waals surface area contributed by atoms with Crippen molar-refractivity contribution in [2.75, 3.05) is 26.0 Å². The van der Waals surface area contributed by atoms with Crippen LogP contribution in [0.2, 0.25) is 10.4 Å². The SMILES string of the molecule is CCOP(=O)(CCOn1ncc2c(Cl)nc(Cl)nc21)OCC. The summed E-state index contributed by atoms with van der Waals surface area (Å²) in [5.41, 5.74) is 0.327. The number of nitrogens with zero attached hydrogens (tertiary/aromatic N) is 4. The second-order valence-electron chi connectivity index (χ2n) is 4.04. The van der Waals surface area contributed by atoms with Crippen molar-refractivity contribution in [2.45, 2.75) is 13.8 Å². The highest BCUT2D eigenvalue weighted by Crippen LogP contribution is 2.47. The smallest absolute Gasteiger partial charge is 0.334 e. The molecule has 0 fully saturated rings. The van der Waals surface area contributed by atoms with E-state index in [-0.39, 0.29) is 23.2 Å². The van der Waals surface area contributed by atoms with E-state index in [1.54, 1.807) is 13.8 Å². The van der Waals surface area contributed by atoms with Gasteiger partial charge in [0.1, 0.15) is 11.8 Å². The predicted molar refractivity (Wildman–Crippen MR) is 82.5 cm³/mol. The summed E-state index contributed by atoms with van der Waals surface area (Å²) in [4.78, 5) is 14.4. The summed E-state index contributed by atoms with van der Waals surface area (Å²) in [5, 5.41) is 4.65. The molecule has 0 atom stereocenters. The van der Waals surface area contributed by atoms with Crippen LogP contribution in [0.4, 0.5) is 0 Å². The summed E-state index contributed by atoms with van der Waals surface area (Å²) >= 11 is 11.7. The van der Waals surface area contributed by atoms with Crippen molar-refractivity contribution in [1.82, 2.24) is 19.9 Å². The lowest BCUT2D eigenvalue weighted by molar-refractivity contribution is 0.0974. The molecule has 0 aliphatic rings. The van der Waals surface area contributed by atoms with Gasteiger partial charge in [0.15, 0.2) is 0 Å². The van der Waals surface area contributed by atoms with E-state index in [1.807, 2.05) is 0 Å². The van der Waals surface area contributed by atoms with Crippen molar-refractivity contribution in [3.05, 3.63) is 16.6 Å². The van der Waals surface area contributed by atoms with Gasteiger partial charge in [0, 0.05) is 0 Å². The Balaban J connectivity index is 2.07. The Morgan fingerprint density at radius 3 is 2.55 bits per heavy atom. The molecular formula is C11H15Cl2N4O4P. The largest absolute Gasteiger partial charge is 0.394 e. The van der Waals surface area contributed by atoms with Crippen LogP contribution in [-0.2, 0) is 13.6 Å². The van der Waals surface area contributed by atoms with E-state index in [1.165, 1.54) is 6.20 Å². The molecule has 0 aliphatic heterocycles. The van der Waals surface area contributed by atoms with Crippen LogP contribution in [-0.4, -0.2) is 45.9 Å². The molecule has 0 saturated heterocycles. The Morgan fingerprint density at radius 2 is 1.91 bits per heavy atom. The van der Waals surface area contributed by atoms with Gasteiger partial charge in [-0.1, -0.05) is 16.4 Å². The van der Waals surface area contributed by atoms with Gasteiger partial charge < -0.3 is 13.9 Å². The van der Waals surface area contributed by atoms with Crippen LogP contribution in [0.5, 0.6) is 0 Å². The van der Waals surface area contributed by atoms with E-state index in [9.17, 15) is 4.57 Å². The Morgan fingerprint density at radius 1 is 1.23 bits per heavy atom. The number of rotatable bonds is 8. The first-order valence-corrected chi connectivity index (χ1v) is 9.05. The van der Waals surface area contributed by atoms with Crippen LogP contribution >= 0.6 is 30.8 Å². The highest BCUT2D eigenvalue weighted by molar-refractivity contribution is 7.53. The third-order valence-electron chi connectivity index (χ3n) is 2.55. The highest BCUT2D eigenvalue weighted by Gasteiger charge is 2.24. The fourth-order valence-corrected chi connectivity index (χ4v) is 3.57. The molecule has 2 aromatic heterocycles. The van der Waals surface area contributed by atoms with Crippen molar-refractivity contribution < 1.29 is 18.5 Å². The maximum atomic E-state index is 12.3. The molecule has 0 radical (unpaired) electrons. The zero-order valence-electron chi connectivity index (χ0n) is 12.0. The molecule has 0 aliphatic carbocycles. The van der Waals surface area contributed by atoms with Crippen LogP contribution in [0, 0.1) is 0 Å². The third kappa shape index (κ3) is 4.08. The van der Waals surface area contributed by atoms with Crippen molar-refractivity contribution in [3.8, 4) is 0 Å². The summed E-state index contributed by atoms with van der Waals surface area (Å²) in [6.07, 6.45) is 1.54. The fourth-order valence-electron chi connectivity index (χ4n) is 1.72. The second-order valence-corrected chi connectivity index (χ2v) is 6.92. The van der Waals surface area contributed by atoms with Crippen molar-refractivity contribution in [3.63, 3.8) is 0 Å². The van der Waals surface area contributed by atoms with Crippen molar-refractivity contribution in [2.24, 2.45) is 0 Å². The van der Waals surface area contributed by atoms with E-state index in [0.717, 1.165) is 4.85 Å². The lowest BCUT2D eigenvalue weighted by Gasteiger charge is -2.16. The number of hydrogen-bond acceptors (Lipinski definition) is 7. The van der Waals surface area contributed by atoms with E-state index in [0.29, 0.717) is 24.2 Å². The Labute approximate surface area is 137 Å². The summed E-state index contributed by atoms with van der Waals surface area (Å²) in [6.45, 7) is 4.14. The average Bonchev–Trinajstić information content (AvgIpc) is 2.83. The van der Waals surface area contributed by atoms with Gasteiger partial charge in [-0.15, -0.1) is 5.10 Å². The molecule has 0 aromatic carbocycles. The molecule has 2 aromatic rings. The topological polar surface area (TPSA) is 88.4 Å². The molecular weight excluding hydrogens is 354 g/mol. The zero-order valence-corrected chi connectivity index (χ0v) is 14.4. The molecule has 2 rings (SSSR count). The van der Waals surface area contributed by atoms with Gasteiger partial charge in [-0.3, -0.25) is 4.57 Å². The minimum absolute atomic E-state index is 0.0165. The molecule has 0 bridgehead atoms. The van der Waals surface area contributed by atoms with Gasteiger partial charge in [0.05, 0.1) is 31.0 Å². The molecule has 22 heavy (non-hydrogen) atoms. The molecule has 0 unspecified atom stereocenters. The van der Waals surface area contributed by atoms with Crippen LogP contribution in [0.25, 0.3) is 11.0 Å². The molecule has 8 nitrogen and oxygen atoms in total. The number of aromatic nitrogens is 4. The van der Waals surface area contributed by atoms with Gasteiger partial charge in [-0.05, 0) is 25.4 Å². The Hall–Kier alpha value is -0.920. The van der Waals surface area contributed by atoms with E-state index < -0.39 is 7.60 Å². The molecule has 2 heterocycles. The van der Waals surface area contributed by atoms with Crippen molar-refractivity contribution in [1.29, 1.82) is 0 Å². The van der Waals surface area contributed by atoms with Crippen LogP contribution in [0.3, 0.4) is 0 Å². The minimum atomic E-state index is -3.17. The number of fused-ring (bicyclic) bond motifs is 1. The summed E-state index contributed by atoms with van der Waals surface area (Å²) in [7, 11) is -3.17. The van der Waals surface area contributed by atoms with Gasteiger partial charge in [0.25, 0.3) is 0 Å². The average molecular weight is 369 g/mol. The molecule has 0 amide bonds. The van der Waals surface area contributed by atoms with E-state index in [4.69, 9.17) is 37.1 Å². The van der Waals surface area contributed by atoms with Crippen molar-refractivity contribution >= 4 is 41.8 Å². The quantitative estimate of drug-likeness (QED) is 0.402. The molecule has 0 N–H and O–H groups in total. The maximum Gasteiger partial charge on any atom is 0.334 e. The Kier molecular flexibility index (Phi) is 6.00. The lowest BCUT2D eigenvalue weighted by Crippen LogP contribution is -2.18. The first kappa shape index (κ1) is 17.4. The number of halogens is 2. The predicted octanol–water partition coefficient (Wildman–Crippen LogP) is 2.83. The normalized spacial score (nSPS) is 12.0. The standard InChI is InChI=1S/C11H15Cl2N4O4P/c1-3-20-22(18,21-4-2)6-5-19-17-10-8(7-14-17)9(12)15-11(13)16-10/h7H,3-6H2,1-2H3. The molecule has 122 valence electrons. The Bertz CT molecular complexity index is 686. The molecule has 0 spiro atoms. The summed E-state index contributed by atoms with van der Waals surface area (Å²) in [5.74, 6) is 0. The van der Waals surface area contributed by atoms with Gasteiger partial charge in [-0.2, -0.15) is 4.98 Å². The van der Waals surface area contributed by atoms with E-state index >= 15 is 0 Å². The first-order chi connectivity index (χ1) is 10.5. The minimum Gasteiger partial charge on any atom is -0.394 e. The van der Waals surface area contributed by atoms with Gasteiger partial charge in [0.2, 0.25) is 10.9 Å². The monoisotopic (exact) mass is 368 g/mol. The second kappa shape index (κ2) is 7.57. The maximum absolute atomic E-state index is 12.3. The van der Waals surface area contributed by atoms with Crippen LogP contribution < -0.4 is 4.84 Å². The van der Waals surface area contributed by atoms with Crippen LogP contribution in [0.1, 0.15) is 13.8 Å². The fraction of sp³-hybridized carbons (Fsp3) is 0.545. The van der Waals surface area contributed by atoms with Crippen LogP contribution in [0.15, 0.2) is 6.20 Å². The number of hydrogen-bond donors (Lipinski definition) is 0. The highest BCUT2D eigenvalue weighted by atomic mass is 35.5. The lowest BCUT2D eigenvalue weighted by atomic mass is 10.4. The summed E-state index contributed by atoms with van der Waals surface area (Å²) < 4.78 is 22.6.